The van der Waals surface area contributed by atoms with Crippen LogP contribution in [-0.4, -0.2) is 51.3 Å². The zero-order valence-corrected chi connectivity index (χ0v) is 20.4. The molecule has 1 aliphatic heterocycles. The second-order valence-electron chi connectivity index (χ2n) is 8.95. The van der Waals surface area contributed by atoms with Gasteiger partial charge in [-0.3, -0.25) is 9.69 Å². The van der Waals surface area contributed by atoms with Gasteiger partial charge in [-0.2, -0.15) is 18.2 Å². The van der Waals surface area contributed by atoms with Gasteiger partial charge in [-0.1, -0.05) is 55.0 Å². The second-order valence-corrected chi connectivity index (χ2v) is 8.95. The molecule has 1 atom stereocenters. The summed E-state index contributed by atoms with van der Waals surface area (Å²) in [7, 11) is 0. The number of nitrogens with zero attached hydrogens (tertiary/aromatic N) is 3. The summed E-state index contributed by atoms with van der Waals surface area (Å²) in [4.78, 5) is 21.6. The molecule has 7 nitrogen and oxygen atoms in total. The van der Waals surface area contributed by atoms with Crippen LogP contribution in [0.5, 0.6) is 11.9 Å². The van der Waals surface area contributed by atoms with E-state index in [1.54, 1.807) is 4.90 Å². The summed E-state index contributed by atoms with van der Waals surface area (Å²) in [5, 5.41) is 9.53. The number of carboxylic acids is 1. The number of rotatable bonds is 9. The van der Waals surface area contributed by atoms with Crippen LogP contribution >= 0.6 is 0 Å². The number of alkyl halides is 3. The summed E-state index contributed by atoms with van der Waals surface area (Å²) in [5.74, 6) is -1.24. The lowest BCUT2D eigenvalue weighted by Crippen LogP contribution is -2.44. The highest BCUT2D eigenvalue weighted by atomic mass is 19.4. The third-order valence-corrected chi connectivity index (χ3v) is 6.33. The standard InChI is InChI=1S/C27H28F3N3O4/c1-18-20(10-7-11-22(18)19-8-3-2-4-9-19)16-36-26-31-14-21(24(32-26)37-17-27(28,29)30)15-33-13-6-5-12-23(33)25(34)35/h2-4,7-11,14,23H,5-6,12-13,15-17H2,1H3,(H,34,35)/t23-/m0/s1. The van der Waals surface area contributed by atoms with Crippen LogP contribution in [0.15, 0.2) is 54.7 Å². The largest absolute Gasteiger partial charge is 0.480 e. The number of carbonyl (C=O) groups is 1. The van der Waals surface area contributed by atoms with E-state index in [4.69, 9.17) is 9.47 Å². The highest BCUT2D eigenvalue weighted by molar-refractivity contribution is 5.73. The van der Waals surface area contributed by atoms with Crippen molar-refractivity contribution in [1.82, 2.24) is 14.9 Å². The van der Waals surface area contributed by atoms with Gasteiger partial charge >= 0.3 is 18.2 Å². The van der Waals surface area contributed by atoms with E-state index in [1.807, 2.05) is 55.5 Å². The van der Waals surface area contributed by atoms with Crippen molar-refractivity contribution in [3.8, 4) is 23.0 Å². The molecule has 10 heteroatoms. The molecule has 0 spiro atoms. The molecule has 1 saturated heterocycles. The molecule has 4 rings (SSSR count). The normalized spacial score (nSPS) is 16.4. The first-order valence-corrected chi connectivity index (χ1v) is 12.0. The van der Waals surface area contributed by atoms with Crippen LogP contribution < -0.4 is 9.47 Å². The molecular weight excluding hydrogens is 487 g/mol. The summed E-state index contributed by atoms with van der Waals surface area (Å²) in [6, 6.07) is 14.8. The molecule has 196 valence electrons. The molecule has 0 radical (unpaired) electrons. The minimum Gasteiger partial charge on any atom is -0.480 e. The fraction of sp³-hybridized carbons (Fsp3) is 0.370. The molecule has 1 aromatic heterocycles. The number of carboxylic acid groups (broad SMARTS) is 1. The number of hydrogen-bond donors (Lipinski definition) is 1. The SMILES string of the molecule is Cc1c(COc2ncc(CN3CCCC[C@H]3C(=O)O)c(OCC(F)(F)F)n2)cccc1-c1ccccc1. The smallest absolute Gasteiger partial charge is 0.422 e. The van der Waals surface area contributed by atoms with E-state index < -0.39 is 24.8 Å². The van der Waals surface area contributed by atoms with Crippen LogP contribution in [0.3, 0.4) is 0 Å². The van der Waals surface area contributed by atoms with Crippen LogP contribution in [0.25, 0.3) is 11.1 Å². The van der Waals surface area contributed by atoms with Crippen molar-refractivity contribution < 1.29 is 32.5 Å². The zero-order valence-electron chi connectivity index (χ0n) is 20.4. The Hall–Kier alpha value is -3.66. The summed E-state index contributed by atoms with van der Waals surface area (Å²) in [5.41, 5.74) is 4.25. The summed E-state index contributed by atoms with van der Waals surface area (Å²) < 4.78 is 49.5. The van der Waals surface area contributed by atoms with Gasteiger partial charge in [-0.15, -0.1) is 0 Å². The molecule has 1 aliphatic rings. The lowest BCUT2D eigenvalue weighted by Gasteiger charge is -2.32. The van der Waals surface area contributed by atoms with Gasteiger partial charge in [0.05, 0.1) is 0 Å². The lowest BCUT2D eigenvalue weighted by molar-refractivity contribution is -0.154. The number of halogens is 3. The molecule has 1 N–H and O–H groups in total. The third-order valence-electron chi connectivity index (χ3n) is 6.33. The molecule has 0 aliphatic carbocycles. The van der Waals surface area contributed by atoms with Crippen LogP contribution in [0.4, 0.5) is 13.2 Å². The van der Waals surface area contributed by atoms with Gasteiger partial charge < -0.3 is 14.6 Å². The lowest BCUT2D eigenvalue weighted by atomic mass is 9.97. The van der Waals surface area contributed by atoms with Gasteiger partial charge in [0.25, 0.3) is 0 Å². The number of piperidine rings is 1. The minimum atomic E-state index is -4.56. The Morgan fingerprint density at radius 3 is 2.59 bits per heavy atom. The Labute approximate surface area is 212 Å². The predicted octanol–water partition coefficient (Wildman–Crippen LogP) is 5.41. The van der Waals surface area contributed by atoms with E-state index in [-0.39, 0.29) is 30.6 Å². The number of benzene rings is 2. The molecule has 0 bridgehead atoms. The molecule has 0 amide bonds. The Morgan fingerprint density at radius 2 is 1.86 bits per heavy atom. The average Bonchev–Trinajstić information content (AvgIpc) is 2.88. The Bertz CT molecular complexity index is 1220. The topological polar surface area (TPSA) is 84.8 Å². The number of aromatic nitrogens is 2. The van der Waals surface area contributed by atoms with Gasteiger partial charge in [0.2, 0.25) is 5.88 Å². The maximum Gasteiger partial charge on any atom is 0.422 e. The van der Waals surface area contributed by atoms with Crippen molar-refractivity contribution in [3.05, 3.63) is 71.4 Å². The number of likely N-dealkylation sites (tertiary alicyclic amines) is 1. The molecule has 0 saturated carbocycles. The highest BCUT2D eigenvalue weighted by Crippen LogP contribution is 2.28. The Morgan fingerprint density at radius 1 is 1.08 bits per heavy atom. The first-order valence-electron chi connectivity index (χ1n) is 12.0. The zero-order chi connectivity index (χ0) is 26.4. The molecule has 0 unspecified atom stereocenters. The summed E-state index contributed by atoms with van der Waals surface area (Å²) in [6.07, 6.45) is -1.18. The van der Waals surface area contributed by atoms with E-state index in [9.17, 15) is 23.1 Å². The monoisotopic (exact) mass is 515 g/mol. The quantitative estimate of drug-likeness (QED) is 0.408. The number of ether oxygens (including phenoxy) is 2. The maximum absolute atomic E-state index is 12.9. The van der Waals surface area contributed by atoms with Crippen LogP contribution in [0.1, 0.15) is 36.0 Å². The summed E-state index contributed by atoms with van der Waals surface area (Å²) in [6.45, 7) is 1.11. The average molecular weight is 516 g/mol. The molecule has 2 aromatic carbocycles. The fourth-order valence-electron chi connectivity index (χ4n) is 4.42. The summed E-state index contributed by atoms with van der Waals surface area (Å²) >= 11 is 0. The van der Waals surface area contributed by atoms with Gasteiger partial charge in [-0.05, 0) is 48.6 Å². The number of aliphatic carboxylic acids is 1. The fourth-order valence-corrected chi connectivity index (χ4v) is 4.42. The van der Waals surface area contributed by atoms with Gasteiger partial charge in [0.15, 0.2) is 6.61 Å². The van der Waals surface area contributed by atoms with E-state index >= 15 is 0 Å². The van der Waals surface area contributed by atoms with Crippen LogP contribution in [-0.2, 0) is 17.9 Å². The second kappa shape index (κ2) is 11.6. The van der Waals surface area contributed by atoms with E-state index in [2.05, 4.69) is 9.97 Å². The maximum atomic E-state index is 12.9. The van der Waals surface area contributed by atoms with E-state index in [0.29, 0.717) is 13.0 Å². The molecule has 2 heterocycles. The van der Waals surface area contributed by atoms with E-state index in [1.165, 1.54) is 6.20 Å². The first kappa shape index (κ1) is 26.4. The van der Waals surface area contributed by atoms with Crippen LogP contribution in [0, 0.1) is 6.92 Å². The minimum absolute atomic E-state index is 0.0582. The third kappa shape index (κ3) is 6.97. The predicted molar refractivity (Wildman–Crippen MR) is 130 cm³/mol. The molecule has 1 fully saturated rings. The van der Waals surface area contributed by atoms with Gasteiger partial charge in [0.1, 0.15) is 12.6 Å². The van der Waals surface area contributed by atoms with Gasteiger partial charge in [-0.25, -0.2) is 4.98 Å². The van der Waals surface area contributed by atoms with Crippen molar-refractivity contribution in [3.63, 3.8) is 0 Å². The number of hydrogen-bond acceptors (Lipinski definition) is 6. The van der Waals surface area contributed by atoms with Crippen molar-refractivity contribution in [2.45, 2.75) is 51.6 Å². The Kier molecular flexibility index (Phi) is 8.27. The molecule has 37 heavy (non-hydrogen) atoms. The van der Waals surface area contributed by atoms with Crippen molar-refractivity contribution in [1.29, 1.82) is 0 Å². The molecule has 3 aromatic rings. The molecular formula is C27H28F3N3O4. The van der Waals surface area contributed by atoms with Crippen molar-refractivity contribution in [2.75, 3.05) is 13.2 Å². The van der Waals surface area contributed by atoms with Gasteiger partial charge in [0, 0.05) is 18.3 Å². The van der Waals surface area contributed by atoms with Crippen molar-refractivity contribution >= 4 is 5.97 Å². The van der Waals surface area contributed by atoms with E-state index in [0.717, 1.165) is 35.1 Å². The highest BCUT2D eigenvalue weighted by Gasteiger charge is 2.32. The Balaban J connectivity index is 1.53. The van der Waals surface area contributed by atoms with Crippen molar-refractivity contribution in [2.24, 2.45) is 0 Å². The first-order chi connectivity index (χ1) is 17.7. The van der Waals surface area contributed by atoms with Crippen LogP contribution in [0.2, 0.25) is 0 Å².